The van der Waals surface area contributed by atoms with Crippen molar-refractivity contribution in [2.45, 2.75) is 51.9 Å². The van der Waals surface area contributed by atoms with Gasteiger partial charge in [0.05, 0.1) is 13.2 Å². The van der Waals surface area contributed by atoms with Crippen LogP contribution in [0.2, 0.25) is 18.1 Å². The number of benzene rings is 1. The first-order valence-electron chi connectivity index (χ1n) is 8.39. The molecule has 0 spiro atoms. The third-order valence-electron chi connectivity index (χ3n) is 4.53. The number of halogens is 1. The summed E-state index contributed by atoms with van der Waals surface area (Å²) in [6.45, 7) is 17.6. The van der Waals surface area contributed by atoms with Crippen molar-refractivity contribution in [3.63, 3.8) is 0 Å². The van der Waals surface area contributed by atoms with Gasteiger partial charge < -0.3 is 37.8 Å². The van der Waals surface area contributed by atoms with E-state index < -0.39 is 8.32 Å². The zero-order valence-corrected chi connectivity index (χ0v) is 20.5. The SMILES string of the molecule is [Br-].[CH2-]C[C@H](COCOCc1ccccc1)CO[Si](C)(C)C(C)(C)C.[Mg+2]. The average Bonchev–Trinajstić information content (AvgIpc) is 2.50. The van der Waals surface area contributed by atoms with E-state index >= 15 is 0 Å². The molecule has 1 aromatic carbocycles. The molecule has 6 heteroatoms. The van der Waals surface area contributed by atoms with E-state index in [9.17, 15) is 0 Å². The summed E-state index contributed by atoms with van der Waals surface area (Å²) in [6.07, 6.45) is 0.813. The minimum absolute atomic E-state index is 0. The molecule has 3 nitrogen and oxygen atoms in total. The molecular formula is C19H33BrMgO3Si. The van der Waals surface area contributed by atoms with Crippen LogP contribution in [-0.2, 0) is 20.5 Å². The summed E-state index contributed by atoms with van der Waals surface area (Å²) in [5, 5.41) is 0.234. The molecule has 0 heterocycles. The van der Waals surface area contributed by atoms with Crippen molar-refractivity contribution < 1.29 is 30.9 Å². The Morgan fingerprint density at radius 3 is 2.16 bits per heavy atom. The Labute approximate surface area is 182 Å². The van der Waals surface area contributed by atoms with E-state index in [-0.39, 0.29) is 45.1 Å². The van der Waals surface area contributed by atoms with Gasteiger partial charge in [-0.3, -0.25) is 0 Å². The Balaban J connectivity index is 0. The largest absolute Gasteiger partial charge is 2.00 e. The Bertz CT molecular complexity index is 438. The van der Waals surface area contributed by atoms with Gasteiger partial charge in [0.15, 0.2) is 8.32 Å². The summed E-state index contributed by atoms with van der Waals surface area (Å²) >= 11 is 0. The molecule has 0 fully saturated rings. The van der Waals surface area contributed by atoms with Crippen LogP contribution in [-0.4, -0.2) is 51.4 Å². The van der Waals surface area contributed by atoms with Gasteiger partial charge in [-0.1, -0.05) is 51.1 Å². The molecule has 25 heavy (non-hydrogen) atoms. The summed E-state index contributed by atoms with van der Waals surface area (Å²) < 4.78 is 17.4. The fourth-order valence-corrected chi connectivity index (χ4v) is 2.85. The fourth-order valence-electron chi connectivity index (χ4n) is 1.76. The predicted molar refractivity (Wildman–Crippen MR) is 104 cm³/mol. The third-order valence-corrected chi connectivity index (χ3v) is 9.03. The van der Waals surface area contributed by atoms with Gasteiger partial charge in [0, 0.05) is 6.61 Å². The van der Waals surface area contributed by atoms with Gasteiger partial charge in [-0.25, -0.2) is 0 Å². The minimum atomic E-state index is -1.70. The van der Waals surface area contributed by atoms with Crippen LogP contribution in [0, 0.1) is 12.8 Å². The molecular weight excluding hydrogens is 409 g/mol. The monoisotopic (exact) mass is 440 g/mol. The molecule has 0 aliphatic rings. The Hall–Kier alpha value is 0.563. The summed E-state index contributed by atoms with van der Waals surface area (Å²) in [7, 11) is -1.70. The fraction of sp³-hybridized carbons (Fsp3) is 0.632. The van der Waals surface area contributed by atoms with Crippen LogP contribution in [0.25, 0.3) is 0 Å². The minimum Gasteiger partial charge on any atom is -1.00 e. The van der Waals surface area contributed by atoms with Crippen molar-refractivity contribution in [3.8, 4) is 0 Å². The quantitative estimate of drug-likeness (QED) is 0.239. The maximum atomic E-state index is 6.25. The Morgan fingerprint density at radius 1 is 1.04 bits per heavy atom. The maximum Gasteiger partial charge on any atom is 2.00 e. The number of hydrogen-bond acceptors (Lipinski definition) is 3. The normalized spacial score (nSPS) is 12.9. The van der Waals surface area contributed by atoms with Crippen LogP contribution in [0.15, 0.2) is 30.3 Å². The van der Waals surface area contributed by atoms with E-state index in [1.54, 1.807) is 0 Å². The van der Waals surface area contributed by atoms with E-state index in [1.807, 2.05) is 30.3 Å². The van der Waals surface area contributed by atoms with Crippen molar-refractivity contribution in [1.29, 1.82) is 0 Å². The topological polar surface area (TPSA) is 27.7 Å². The van der Waals surface area contributed by atoms with Gasteiger partial charge >= 0.3 is 23.1 Å². The standard InChI is InChI=1S/C19H33O3Si.BrH.Mg/c1-7-17(15-22-23(5,6)19(2,3)4)13-20-16-21-14-18-11-9-8-10-12-18;;/h8-12,17H,1,7,13-16H2,2-6H3;1H;/q-1;;+2/p-1/t17-;;/m1../s1. The molecule has 0 aromatic heterocycles. The van der Waals surface area contributed by atoms with Crippen molar-refractivity contribution >= 4 is 31.4 Å². The second-order valence-corrected chi connectivity index (χ2v) is 12.4. The van der Waals surface area contributed by atoms with Gasteiger partial charge in [-0.05, 0) is 29.6 Å². The molecule has 0 radical (unpaired) electrons. The van der Waals surface area contributed by atoms with E-state index in [1.165, 1.54) is 0 Å². The molecule has 1 aromatic rings. The Morgan fingerprint density at radius 2 is 1.64 bits per heavy atom. The molecule has 0 aliphatic carbocycles. The molecule has 1 atom stereocenters. The summed E-state index contributed by atoms with van der Waals surface area (Å²) in [4.78, 5) is 0. The second-order valence-electron chi connectivity index (χ2n) is 7.55. The molecule has 0 unspecified atom stereocenters. The van der Waals surface area contributed by atoms with Crippen molar-refractivity contribution in [2.75, 3.05) is 20.0 Å². The van der Waals surface area contributed by atoms with Gasteiger partial charge in [-0.2, -0.15) is 6.42 Å². The van der Waals surface area contributed by atoms with Crippen LogP contribution in [0.5, 0.6) is 0 Å². The molecule has 0 N–H and O–H groups in total. The summed E-state index contributed by atoms with van der Waals surface area (Å²) in [5.74, 6) is 0.324. The molecule has 0 saturated heterocycles. The van der Waals surface area contributed by atoms with Crippen molar-refractivity contribution in [1.82, 2.24) is 0 Å². The van der Waals surface area contributed by atoms with Gasteiger partial charge in [-0.15, -0.1) is 0 Å². The zero-order chi connectivity index (χ0) is 17.3. The van der Waals surface area contributed by atoms with Gasteiger partial charge in [0.25, 0.3) is 0 Å². The molecule has 0 bridgehead atoms. The number of ether oxygens (including phenoxy) is 2. The van der Waals surface area contributed by atoms with E-state index in [0.717, 1.165) is 18.6 Å². The summed E-state index contributed by atoms with van der Waals surface area (Å²) in [6, 6.07) is 10.1. The number of rotatable bonds is 10. The van der Waals surface area contributed by atoms with Crippen LogP contribution >= 0.6 is 0 Å². The van der Waals surface area contributed by atoms with Crippen LogP contribution < -0.4 is 17.0 Å². The predicted octanol–water partition coefficient (Wildman–Crippen LogP) is 1.66. The first-order chi connectivity index (χ1) is 10.8. The zero-order valence-electron chi connectivity index (χ0n) is 16.5. The van der Waals surface area contributed by atoms with Gasteiger partial charge in [0.1, 0.15) is 6.79 Å². The van der Waals surface area contributed by atoms with Crippen molar-refractivity contribution in [2.24, 2.45) is 5.92 Å². The Kier molecular flexibility index (Phi) is 15.2. The molecule has 140 valence electrons. The maximum absolute atomic E-state index is 6.25. The van der Waals surface area contributed by atoms with E-state index in [2.05, 4.69) is 40.8 Å². The van der Waals surface area contributed by atoms with Gasteiger partial charge in [0.2, 0.25) is 0 Å². The molecule has 0 aliphatic heterocycles. The third kappa shape index (κ3) is 11.1. The average molecular weight is 442 g/mol. The first kappa shape index (κ1) is 27.8. The van der Waals surface area contributed by atoms with Crippen molar-refractivity contribution in [3.05, 3.63) is 42.8 Å². The van der Waals surface area contributed by atoms with E-state index in [0.29, 0.717) is 25.9 Å². The number of hydrogen-bond donors (Lipinski definition) is 0. The van der Waals surface area contributed by atoms with Crippen LogP contribution in [0.4, 0.5) is 0 Å². The van der Waals surface area contributed by atoms with Crippen LogP contribution in [0.3, 0.4) is 0 Å². The molecule has 0 saturated carbocycles. The first-order valence-corrected chi connectivity index (χ1v) is 11.3. The smallest absolute Gasteiger partial charge is 1.00 e. The summed E-state index contributed by atoms with van der Waals surface area (Å²) in [5.41, 5.74) is 1.16. The van der Waals surface area contributed by atoms with Crippen LogP contribution in [0.1, 0.15) is 32.8 Å². The molecule has 0 amide bonds. The van der Waals surface area contributed by atoms with E-state index in [4.69, 9.17) is 13.9 Å². The molecule has 1 rings (SSSR count). The second kappa shape index (κ2) is 13.7.